The first-order chi connectivity index (χ1) is 15.0. The number of hydrogen-bond donors (Lipinski definition) is 2. The van der Waals surface area contributed by atoms with Crippen LogP contribution in [0, 0.1) is 0 Å². The number of unbranched alkanes of at least 4 members (excludes halogenated alkanes) is 1. The third kappa shape index (κ3) is 5.44. The molecule has 0 saturated heterocycles. The number of rotatable bonds is 8. The van der Waals surface area contributed by atoms with E-state index in [-0.39, 0.29) is 5.56 Å². The number of aromatic nitrogens is 3. The van der Waals surface area contributed by atoms with Crippen molar-refractivity contribution in [3.8, 4) is 11.3 Å². The molecule has 3 aromatic rings. The lowest BCUT2D eigenvalue weighted by atomic mass is 10.1. The highest BCUT2D eigenvalue weighted by molar-refractivity contribution is 6.04. The number of pyridine rings is 1. The monoisotopic (exact) mass is 423 g/mol. The maximum Gasteiger partial charge on any atom is 0.339 e. The molecule has 0 aliphatic rings. The molecular formula is C22H25N5O4. The van der Waals surface area contributed by atoms with Crippen molar-refractivity contribution in [2.75, 3.05) is 13.2 Å². The molecular weight excluding hydrogens is 398 g/mol. The van der Waals surface area contributed by atoms with E-state index < -0.39 is 24.5 Å². The fourth-order valence-electron chi connectivity index (χ4n) is 3.00. The second kappa shape index (κ2) is 10.3. The molecule has 0 aliphatic carbocycles. The van der Waals surface area contributed by atoms with Crippen molar-refractivity contribution in [1.29, 1.82) is 0 Å². The maximum absolute atomic E-state index is 12.8. The minimum absolute atomic E-state index is 0.253. The van der Waals surface area contributed by atoms with Crippen LogP contribution >= 0.6 is 0 Å². The van der Waals surface area contributed by atoms with Gasteiger partial charge in [0.05, 0.1) is 22.8 Å². The zero-order chi connectivity index (χ0) is 22.2. The molecule has 2 heterocycles. The molecule has 0 fully saturated rings. The first-order valence-corrected chi connectivity index (χ1v) is 10.2. The van der Waals surface area contributed by atoms with E-state index >= 15 is 0 Å². The van der Waals surface area contributed by atoms with Gasteiger partial charge in [-0.05, 0) is 19.4 Å². The molecule has 31 heavy (non-hydrogen) atoms. The summed E-state index contributed by atoms with van der Waals surface area (Å²) in [5.74, 6) is -1.40. The van der Waals surface area contributed by atoms with E-state index in [1.807, 2.05) is 44.2 Å². The number of carbonyl (C=O) groups is 3. The van der Waals surface area contributed by atoms with Crippen molar-refractivity contribution in [1.82, 2.24) is 25.4 Å². The smallest absolute Gasteiger partial charge is 0.339 e. The Bertz CT molecular complexity index is 1080. The fourth-order valence-corrected chi connectivity index (χ4v) is 3.00. The number of benzene rings is 1. The van der Waals surface area contributed by atoms with E-state index in [1.54, 1.807) is 16.9 Å². The van der Waals surface area contributed by atoms with Gasteiger partial charge in [-0.25, -0.2) is 19.3 Å². The molecule has 162 valence electrons. The molecule has 0 saturated carbocycles. The SMILES string of the molecule is CCCCNC(=O)NC(=O)COC(=O)c1cc(-c2ccccc2)nc2c1cnn2CC. The Labute approximate surface area is 179 Å². The van der Waals surface area contributed by atoms with Gasteiger partial charge in [0.1, 0.15) is 0 Å². The molecule has 0 radical (unpaired) electrons. The largest absolute Gasteiger partial charge is 0.452 e. The maximum atomic E-state index is 12.8. The number of ether oxygens (including phenoxy) is 1. The highest BCUT2D eigenvalue weighted by Gasteiger charge is 2.19. The molecule has 1 aromatic carbocycles. The Morgan fingerprint density at radius 2 is 1.90 bits per heavy atom. The van der Waals surface area contributed by atoms with Crippen LogP contribution < -0.4 is 10.6 Å². The number of nitrogens with one attached hydrogen (secondary N) is 2. The van der Waals surface area contributed by atoms with Crippen molar-refractivity contribution < 1.29 is 19.1 Å². The highest BCUT2D eigenvalue weighted by Crippen LogP contribution is 2.25. The molecule has 9 heteroatoms. The van der Waals surface area contributed by atoms with Crippen LogP contribution in [0.4, 0.5) is 4.79 Å². The lowest BCUT2D eigenvalue weighted by molar-refractivity contribution is -0.123. The number of nitrogens with zero attached hydrogens (tertiary/aromatic N) is 3. The minimum Gasteiger partial charge on any atom is -0.452 e. The van der Waals surface area contributed by atoms with E-state index in [9.17, 15) is 14.4 Å². The Balaban J connectivity index is 1.76. The number of hydrogen-bond acceptors (Lipinski definition) is 6. The van der Waals surface area contributed by atoms with Gasteiger partial charge in [0.25, 0.3) is 5.91 Å². The summed E-state index contributed by atoms with van der Waals surface area (Å²) in [6, 6.07) is 10.4. The molecule has 0 aliphatic heterocycles. The predicted octanol–water partition coefficient (Wildman–Crippen LogP) is 2.90. The van der Waals surface area contributed by atoms with Gasteiger partial charge >= 0.3 is 12.0 Å². The van der Waals surface area contributed by atoms with E-state index in [4.69, 9.17) is 4.74 Å². The average Bonchev–Trinajstić information content (AvgIpc) is 3.20. The summed E-state index contributed by atoms with van der Waals surface area (Å²) in [5.41, 5.74) is 2.23. The summed E-state index contributed by atoms with van der Waals surface area (Å²) in [4.78, 5) is 41.0. The van der Waals surface area contributed by atoms with Gasteiger partial charge < -0.3 is 10.1 Å². The minimum atomic E-state index is -0.708. The first-order valence-electron chi connectivity index (χ1n) is 10.2. The van der Waals surface area contributed by atoms with Crippen LogP contribution in [0.15, 0.2) is 42.6 Å². The van der Waals surface area contributed by atoms with Gasteiger partial charge in [0.15, 0.2) is 12.3 Å². The van der Waals surface area contributed by atoms with E-state index in [0.717, 1.165) is 18.4 Å². The van der Waals surface area contributed by atoms with Gasteiger partial charge in [0.2, 0.25) is 0 Å². The van der Waals surface area contributed by atoms with Crippen LogP contribution in [0.1, 0.15) is 37.0 Å². The number of urea groups is 1. The molecule has 0 unspecified atom stereocenters. The van der Waals surface area contributed by atoms with Crippen LogP contribution in [-0.4, -0.2) is 45.8 Å². The molecule has 3 amide bonds. The van der Waals surface area contributed by atoms with Crippen LogP contribution in [0.25, 0.3) is 22.3 Å². The lowest BCUT2D eigenvalue weighted by Crippen LogP contribution is -2.41. The molecule has 2 N–H and O–H groups in total. The van der Waals surface area contributed by atoms with Gasteiger partial charge in [-0.3, -0.25) is 10.1 Å². The zero-order valence-corrected chi connectivity index (χ0v) is 17.6. The van der Waals surface area contributed by atoms with Gasteiger partial charge in [-0.1, -0.05) is 43.7 Å². The zero-order valence-electron chi connectivity index (χ0n) is 17.6. The molecule has 0 spiro atoms. The average molecular weight is 423 g/mol. The van der Waals surface area contributed by atoms with E-state index in [0.29, 0.717) is 29.8 Å². The van der Waals surface area contributed by atoms with Crippen LogP contribution in [0.2, 0.25) is 0 Å². The number of esters is 1. The third-order valence-corrected chi connectivity index (χ3v) is 4.60. The molecule has 2 aromatic heterocycles. The van der Waals surface area contributed by atoms with Gasteiger partial charge in [0, 0.05) is 18.7 Å². The van der Waals surface area contributed by atoms with Crippen molar-refractivity contribution in [2.24, 2.45) is 0 Å². The van der Waals surface area contributed by atoms with E-state index in [1.165, 1.54) is 0 Å². The summed E-state index contributed by atoms with van der Waals surface area (Å²) in [7, 11) is 0. The summed E-state index contributed by atoms with van der Waals surface area (Å²) in [6.07, 6.45) is 3.29. The van der Waals surface area contributed by atoms with Crippen LogP contribution in [-0.2, 0) is 16.1 Å². The Morgan fingerprint density at radius 3 is 2.61 bits per heavy atom. The van der Waals surface area contributed by atoms with Gasteiger partial charge in [-0.2, -0.15) is 5.10 Å². The summed E-state index contributed by atoms with van der Waals surface area (Å²) < 4.78 is 6.85. The summed E-state index contributed by atoms with van der Waals surface area (Å²) in [5, 5.41) is 9.51. The molecule has 3 rings (SSSR count). The van der Waals surface area contributed by atoms with Crippen LogP contribution in [0.5, 0.6) is 0 Å². The van der Waals surface area contributed by atoms with Crippen molar-refractivity contribution >= 4 is 28.9 Å². The summed E-state index contributed by atoms with van der Waals surface area (Å²) in [6.45, 7) is 4.39. The highest BCUT2D eigenvalue weighted by atomic mass is 16.5. The standard InChI is InChI=1S/C22H25N5O4/c1-3-5-11-23-22(30)26-19(28)14-31-21(29)16-12-18(15-9-7-6-8-10-15)25-20-17(16)13-24-27(20)4-2/h6-10,12-13H,3-5,11,14H2,1-2H3,(H2,23,26,28,30). The third-order valence-electron chi connectivity index (χ3n) is 4.60. The first kappa shape index (κ1) is 21.9. The quantitative estimate of drug-likeness (QED) is 0.425. The topological polar surface area (TPSA) is 115 Å². The van der Waals surface area contributed by atoms with Crippen LogP contribution in [0.3, 0.4) is 0 Å². The predicted molar refractivity (Wildman–Crippen MR) is 115 cm³/mol. The number of imide groups is 1. The second-order valence-electron chi connectivity index (χ2n) is 6.85. The number of fused-ring (bicyclic) bond motifs is 1. The van der Waals surface area contributed by atoms with E-state index in [2.05, 4.69) is 20.7 Å². The molecule has 0 atom stereocenters. The van der Waals surface area contributed by atoms with Gasteiger partial charge in [-0.15, -0.1) is 0 Å². The Morgan fingerprint density at radius 1 is 1.13 bits per heavy atom. The number of aryl methyl sites for hydroxylation is 1. The Hall–Kier alpha value is -3.75. The number of carbonyl (C=O) groups excluding carboxylic acids is 3. The normalized spacial score (nSPS) is 10.6. The molecule has 9 nitrogen and oxygen atoms in total. The van der Waals surface area contributed by atoms with Crippen molar-refractivity contribution in [3.05, 3.63) is 48.2 Å². The Kier molecular flexibility index (Phi) is 7.31. The molecule has 0 bridgehead atoms. The lowest BCUT2D eigenvalue weighted by Gasteiger charge is -2.09. The fraction of sp³-hybridized carbons (Fsp3) is 0.318. The van der Waals surface area contributed by atoms with Crippen molar-refractivity contribution in [3.63, 3.8) is 0 Å². The summed E-state index contributed by atoms with van der Waals surface area (Å²) >= 11 is 0. The second-order valence-corrected chi connectivity index (χ2v) is 6.85. The number of amides is 3. The van der Waals surface area contributed by atoms with Crippen molar-refractivity contribution in [2.45, 2.75) is 33.2 Å².